The molecule has 0 fully saturated rings. The first-order valence-electron chi connectivity index (χ1n) is 7.89. The molecule has 2 aromatic rings. The van der Waals surface area contributed by atoms with Crippen LogP contribution >= 0.6 is 0 Å². The van der Waals surface area contributed by atoms with Gasteiger partial charge in [0, 0.05) is 0 Å². The molecule has 2 aromatic carbocycles. The van der Waals surface area contributed by atoms with Crippen molar-refractivity contribution < 1.29 is 17.9 Å². The summed E-state index contributed by atoms with van der Waals surface area (Å²) in [4.78, 5) is 12.3. The highest BCUT2D eigenvalue weighted by atomic mass is 32.2. The molecule has 0 N–H and O–H groups in total. The van der Waals surface area contributed by atoms with Crippen LogP contribution in [0.15, 0.2) is 65.6 Å². The van der Waals surface area contributed by atoms with Gasteiger partial charge in [0.25, 0.3) is 10.0 Å². The molecule has 5 nitrogen and oxygen atoms in total. The van der Waals surface area contributed by atoms with E-state index < -0.39 is 22.0 Å². The molecule has 1 atom stereocenters. The summed E-state index contributed by atoms with van der Waals surface area (Å²) < 4.78 is 32.5. The predicted molar refractivity (Wildman–Crippen MR) is 95.0 cm³/mol. The molecule has 0 amide bonds. The minimum Gasteiger partial charge on any atom is -0.467 e. The Bertz CT molecular complexity index is 902. The number of carbonyl (C=O) groups excluding carboxylic acids is 1. The highest BCUT2D eigenvalue weighted by molar-refractivity contribution is 7.89. The minimum absolute atomic E-state index is 0.149. The van der Waals surface area contributed by atoms with Gasteiger partial charge in [-0.05, 0) is 31.0 Å². The first kappa shape index (κ1) is 17.2. The summed E-state index contributed by atoms with van der Waals surface area (Å²) >= 11 is 0. The quantitative estimate of drug-likeness (QED) is 0.789. The third kappa shape index (κ3) is 3.17. The number of methoxy groups -OCH3 is 1. The van der Waals surface area contributed by atoms with Crippen LogP contribution in [0.1, 0.15) is 17.5 Å². The lowest BCUT2D eigenvalue weighted by atomic mass is 10.2. The van der Waals surface area contributed by atoms with E-state index in [4.69, 9.17) is 4.74 Å². The smallest absolute Gasteiger partial charge is 0.330 e. The standard InChI is InChI=1S/C19H19NO4S/c1-14-8-10-16(11-9-14)25(22,23)20-17(15-6-4-3-5-7-15)12-13-18(20)19(21)24-2/h3-12,18H,13H2,1-2H3/t18-/m1/s1. The van der Waals surface area contributed by atoms with Crippen molar-refractivity contribution in [2.45, 2.75) is 24.3 Å². The molecule has 6 heteroatoms. The van der Waals surface area contributed by atoms with Crippen LogP contribution in [-0.2, 0) is 19.6 Å². The van der Waals surface area contributed by atoms with Crippen LogP contribution in [0.25, 0.3) is 5.70 Å². The van der Waals surface area contributed by atoms with Gasteiger partial charge in [0.1, 0.15) is 6.04 Å². The van der Waals surface area contributed by atoms with E-state index >= 15 is 0 Å². The van der Waals surface area contributed by atoms with E-state index in [2.05, 4.69) is 0 Å². The van der Waals surface area contributed by atoms with E-state index in [0.29, 0.717) is 5.70 Å². The van der Waals surface area contributed by atoms with E-state index in [-0.39, 0.29) is 11.3 Å². The molecule has 0 saturated carbocycles. The number of carbonyl (C=O) groups is 1. The van der Waals surface area contributed by atoms with Gasteiger partial charge in [0.05, 0.1) is 17.7 Å². The first-order valence-corrected chi connectivity index (χ1v) is 9.33. The third-order valence-corrected chi connectivity index (χ3v) is 6.01. The van der Waals surface area contributed by atoms with Gasteiger partial charge in [0.15, 0.2) is 0 Å². The fourth-order valence-corrected chi connectivity index (χ4v) is 4.53. The third-order valence-electron chi connectivity index (χ3n) is 4.18. The Morgan fingerprint density at radius 3 is 2.32 bits per heavy atom. The molecular formula is C19H19NO4S. The molecule has 0 unspecified atom stereocenters. The molecule has 130 valence electrons. The normalized spacial score (nSPS) is 17.3. The second-order valence-corrected chi connectivity index (χ2v) is 7.66. The Hall–Kier alpha value is -2.60. The van der Waals surface area contributed by atoms with Crippen LogP contribution < -0.4 is 0 Å². The number of hydrogen-bond donors (Lipinski definition) is 0. The topological polar surface area (TPSA) is 63.7 Å². The Morgan fingerprint density at radius 2 is 1.72 bits per heavy atom. The zero-order valence-corrected chi connectivity index (χ0v) is 14.9. The van der Waals surface area contributed by atoms with Crippen LogP contribution in [0.2, 0.25) is 0 Å². The molecule has 0 radical (unpaired) electrons. The van der Waals surface area contributed by atoms with Crippen molar-refractivity contribution in [3.8, 4) is 0 Å². The van der Waals surface area contributed by atoms with Gasteiger partial charge in [0.2, 0.25) is 0 Å². The first-order chi connectivity index (χ1) is 11.9. The summed E-state index contributed by atoms with van der Waals surface area (Å²) in [5.74, 6) is -0.571. The van der Waals surface area contributed by atoms with Crippen LogP contribution in [-0.4, -0.2) is 31.8 Å². The van der Waals surface area contributed by atoms with Crippen molar-refractivity contribution in [2.75, 3.05) is 7.11 Å². The Morgan fingerprint density at radius 1 is 1.08 bits per heavy atom. The summed E-state index contributed by atoms with van der Waals surface area (Å²) in [7, 11) is -2.63. The number of rotatable bonds is 4. The molecule has 0 bridgehead atoms. The fourth-order valence-electron chi connectivity index (χ4n) is 2.88. The van der Waals surface area contributed by atoms with Crippen LogP contribution in [0.3, 0.4) is 0 Å². The van der Waals surface area contributed by atoms with Crippen molar-refractivity contribution in [1.82, 2.24) is 4.31 Å². The van der Waals surface area contributed by atoms with Gasteiger partial charge in [-0.25, -0.2) is 13.2 Å². The average Bonchev–Trinajstić information content (AvgIpc) is 3.08. The van der Waals surface area contributed by atoms with Crippen molar-refractivity contribution in [3.05, 3.63) is 71.8 Å². The summed E-state index contributed by atoms with van der Waals surface area (Å²) in [5.41, 5.74) is 2.20. The predicted octanol–water partition coefficient (Wildman–Crippen LogP) is 2.97. The molecule has 0 aromatic heterocycles. The summed E-state index contributed by atoms with van der Waals surface area (Å²) in [5, 5.41) is 0. The van der Waals surface area contributed by atoms with Crippen LogP contribution in [0.4, 0.5) is 0 Å². The van der Waals surface area contributed by atoms with Gasteiger partial charge >= 0.3 is 5.97 Å². The maximum atomic E-state index is 13.2. The second kappa shape index (κ2) is 6.72. The number of esters is 1. The summed E-state index contributed by atoms with van der Waals surface area (Å²) in [6.45, 7) is 1.89. The molecule has 1 heterocycles. The van der Waals surface area contributed by atoms with Gasteiger partial charge in [-0.1, -0.05) is 54.1 Å². The van der Waals surface area contributed by atoms with E-state index in [0.717, 1.165) is 11.1 Å². The van der Waals surface area contributed by atoms with Gasteiger partial charge in [-0.15, -0.1) is 0 Å². The van der Waals surface area contributed by atoms with Gasteiger partial charge < -0.3 is 4.74 Å². The maximum Gasteiger partial charge on any atom is 0.330 e. The molecule has 3 rings (SSSR count). The number of sulfonamides is 1. The summed E-state index contributed by atoms with van der Waals surface area (Å²) in [6, 6.07) is 14.9. The van der Waals surface area contributed by atoms with Crippen molar-refractivity contribution in [2.24, 2.45) is 0 Å². The number of aryl methyl sites for hydroxylation is 1. The minimum atomic E-state index is -3.89. The van der Waals surface area contributed by atoms with Gasteiger partial charge in [-0.3, -0.25) is 4.31 Å². The van der Waals surface area contributed by atoms with E-state index in [9.17, 15) is 13.2 Å². The molecule has 0 spiro atoms. The zero-order chi connectivity index (χ0) is 18.0. The number of nitrogens with zero attached hydrogens (tertiary/aromatic N) is 1. The Labute approximate surface area is 147 Å². The average molecular weight is 357 g/mol. The number of benzene rings is 2. The maximum absolute atomic E-state index is 13.2. The molecule has 25 heavy (non-hydrogen) atoms. The van der Waals surface area contributed by atoms with Crippen LogP contribution in [0.5, 0.6) is 0 Å². The monoisotopic (exact) mass is 357 g/mol. The lowest BCUT2D eigenvalue weighted by Gasteiger charge is -2.27. The van der Waals surface area contributed by atoms with Crippen molar-refractivity contribution >= 4 is 21.7 Å². The molecule has 0 saturated heterocycles. The molecule has 1 aliphatic rings. The highest BCUT2D eigenvalue weighted by Crippen LogP contribution is 2.36. The number of ether oxygens (including phenoxy) is 1. The lowest BCUT2D eigenvalue weighted by Crippen LogP contribution is -2.41. The largest absolute Gasteiger partial charge is 0.467 e. The van der Waals surface area contributed by atoms with Gasteiger partial charge in [-0.2, -0.15) is 0 Å². The molecular weight excluding hydrogens is 338 g/mol. The second-order valence-electron chi connectivity index (χ2n) is 5.84. The summed E-state index contributed by atoms with van der Waals surface area (Å²) in [6.07, 6.45) is 2.05. The van der Waals surface area contributed by atoms with E-state index in [1.807, 2.05) is 37.3 Å². The zero-order valence-electron chi connectivity index (χ0n) is 14.0. The Balaban J connectivity index is 2.10. The molecule has 0 aliphatic carbocycles. The lowest BCUT2D eigenvalue weighted by molar-refractivity contribution is -0.144. The SMILES string of the molecule is COC(=O)[C@H]1CC=C(c2ccccc2)N1S(=O)(=O)c1ccc(C)cc1. The fraction of sp³-hybridized carbons (Fsp3) is 0.211. The van der Waals surface area contributed by atoms with E-state index in [1.54, 1.807) is 30.3 Å². The highest BCUT2D eigenvalue weighted by Gasteiger charge is 2.41. The number of hydrogen-bond acceptors (Lipinski definition) is 4. The van der Waals surface area contributed by atoms with Crippen molar-refractivity contribution in [3.63, 3.8) is 0 Å². The Kier molecular flexibility index (Phi) is 4.63. The van der Waals surface area contributed by atoms with Crippen molar-refractivity contribution in [1.29, 1.82) is 0 Å². The molecule has 1 aliphatic heterocycles. The van der Waals surface area contributed by atoms with Crippen LogP contribution in [0, 0.1) is 6.92 Å². The van der Waals surface area contributed by atoms with E-state index in [1.165, 1.54) is 11.4 Å².